The van der Waals surface area contributed by atoms with Crippen LogP contribution in [0.5, 0.6) is 0 Å². The van der Waals surface area contributed by atoms with E-state index in [1.807, 2.05) is 0 Å². The fourth-order valence-corrected chi connectivity index (χ4v) is 0.874. The van der Waals surface area contributed by atoms with Crippen LogP contribution in [0.2, 0.25) is 0 Å². The van der Waals surface area contributed by atoms with Gasteiger partial charge in [0.2, 0.25) is 0 Å². The van der Waals surface area contributed by atoms with Gasteiger partial charge in [-0.2, -0.15) is 0 Å². The Morgan fingerprint density at radius 1 is 1.23 bits per heavy atom. The molecule has 1 saturated heterocycles. The zero-order chi connectivity index (χ0) is 10.1. The molecule has 5 nitrogen and oxygen atoms in total. The summed E-state index contributed by atoms with van der Waals surface area (Å²) < 4.78 is 0. The average Bonchev–Trinajstić information content (AvgIpc) is 2.06. The Balaban J connectivity index is 0.000000223. The topological polar surface area (TPSA) is 64.6 Å². The van der Waals surface area contributed by atoms with E-state index in [1.54, 1.807) is 19.0 Å². The van der Waals surface area contributed by atoms with Gasteiger partial charge >= 0.3 is 5.97 Å². The lowest BCUT2D eigenvalue weighted by Crippen LogP contribution is -2.39. The fraction of sp³-hybridized carbons (Fsp3) is 0.875. The van der Waals surface area contributed by atoms with Gasteiger partial charge in [0.15, 0.2) is 0 Å². The van der Waals surface area contributed by atoms with E-state index >= 15 is 0 Å². The summed E-state index contributed by atoms with van der Waals surface area (Å²) in [6.45, 7) is 4.67. The van der Waals surface area contributed by atoms with Crippen molar-refractivity contribution < 1.29 is 9.90 Å². The van der Waals surface area contributed by atoms with Crippen molar-refractivity contribution >= 4 is 5.97 Å². The number of carbonyl (C=O) groups is 1. The van der Waals surface area contributed by atoms with Crippen molar-refractivity contribution in [3.8, 4) is 0 Å². The van der Waals surface area contributed by atoms with Crippen molar-refractivity contribution in [1.82, 2.24) is 15.5 Å². The highest BCUT2D eigenvalue weighted by Gasteiger charge is 1.94. The summed E-state index contributed by atoms with van der Waals surface area (Å²) in [6, 6.07) is 0. The van der Waals surface area contributed by atoms with Crippen LogP contribution in [-0.4, -0.2) is 62.8 Å². The van der Waals surface area contributed by atoms with Gasteiger partial charge in [0, 0.05) is 26.2 Å². The number of nitrogens with zero attached hydrogens (tertiary/aromatic N) is 1. The van der Waals surface area contributed by atoms with Gasteiger partial charge in [-0.05, 0) is 14.1 Å². The van der Waals surface area contributed by atoms with Crippen LogP contribution >= 0.6 is 0 Å². The maximum Gasteiger partial charge on any atom is 0.317 e. The van der Waals surface area contributed by atoms with Crippen molar-refractivity contribution in [1.29, 1.82) is 0 Å². The Hall–Kier alpha value is -0.650. The Kier molecular flexibility index (Phi) is 7.57. The second-order valence-corrected chi connectivity index (χ2v) is 3.13. The number of likely N-dealkylation sites (N-methyl/N-ethyl adjacent to an activating group) is 1. The minimum Gasteiger partial charge on any atom is -0.480 e. The normalized spacial score (nSPS) is 16.2. The lowest BCUT2D eigenvalue weighted by atomic mass is 10.4. The van der Waals surface area contributed by atoms with Gasteiger partial charge in [-0.1, -0.05) is 0 Å². The zero-order valence-corrected chi connectivity index (χ0v) is 8.34. The Bertz CT molecular complexity index is 124. The van der Waals surface area contributed by atoms with E-state index in [0.717, 1.165) is 26.2 Å². The SMILES string of the molecule is C1CNCCN1.CN(C)CC(=O)O. The first-order valence-corrected chi connectivity index (χ1v) is 4.41. The van der Waals surface area contributed by atoms with E-state index in [2.05, 4.69) is 10.6 Å². The molecule has 0 aromatic heterocycles. The molecule has 0 aliphatic carbocycles. The van der Waals surface area contributed by atoms with Gasteiger partial charge in [0.25, 0.3) is 0 Å². The highest BCUT2D eigenvalue weighted by molar-refractivity contribution is 5.68. The molecule has 0 amide bonds. The number of rotatable bonds is 2. The Morgan fingerprint density at radius 2 is 1.62 bits per heavy atom. The van der Waals surface area contributed by atoms with Crippen LogP contribution in [0.1, 0.15) is 0 Å². The van der Waals surface area contributed by atoms with Crippen LogP contribution in [-0.2, 0) is 4.79 Å². The molecule has 13 heavy (non-hydrogen) atoms. The van der Waals surface area contributed by atoms with Gasteiger partial charge in [0.05, 0.1) is 6.54 Å². The smallest absolute Gasteiger partial charge is 0.317 e. The van der Waals surface area contributed by atoms with Crippen LogP contribution in [0.15, 0.2) is 0 Å². The van der Waals surface area contributed by atoms with Crippen molar-refractivity contribution in [3.05, 3.63) is 0 Å². The number of hydrogen-bond acceptors (Lipinski definition) is 4. The molecule has 3 N–H and O–H groups in total. The van der Waals surface area contributed by atoms with Crippen molar-refractivity contribution in [2.24, 2.45) is 0 Å². The van der Waals surface area contributed by atoms with E-state index < -0.39 is 5.97 Å². The molecule has 5 heteroatoms. The molecule has 0 radical (unpaired) electrons. The van der Waals surface area contributed by atoms with E-state index in [9.17, 15) is 4.79 Å². The number of nitrogens with one attached hydrogen (secondary N) is 2. The first-order valence-electron chi connectivity index (χ1n) is 4.41. The summed E-state index contributed by atoms with van der Waals surface area (Å²) in [4.78, 5) is 11.4. The largest absolute Gasteiger partial charge is 0.480 e. The van der Waals surface area contributed by atoms with Gasteiger partial charge in [0.1, 0.15) is 0 Å². The molecule has 0 unspecified atom stereocenters. The molecular weight excluding hydrogens is 170 g/mol. The fourth-order valence-electron chi connectivity index (χ4n) is 0.874. The molecule has 1 fully saturated rings. The molecule has 0 aromatic rings. The second kappa shape index (κ2) is 7.97. The summed E-state index contributed by atoms with van der Waals surface area (Å²) in [7, 11) is 3.43. The summed E-state index contributed by atoms with van der Waals surface area (Å²) in [5.74, 6) is -0.787. The first-order chi connectivity index (χ1) is 6.13. The molecule has 0 bridgehead atoms. The van der Waals surface area contributed by atoms with Gasteiger partial charge in [-0.3, -0.25) is 9.69 Å². The maximum absolute atomic E-state index is 9.77. The first kappa shape index (κ1) is 12.3. The maximum atomic E-state index is 9.77. The van der Waals surface area contributed by atoms with E-state index in [1.165, 1.54) is 0 Å². The summed E-state index contributed by atoms with van der Waals surface area (Å²) in [6.07, 6.45) is 0. The number of aliphatic carboxylic acids is 1. The molecule has 1 aliphatic rings. The summed E-state index contributed by atoms with van der Waals surface area (Å²) >= 11 is 0. The summed E-state index contributed by atoms with van der Waals surface area (Å²) in [5, 5.41) is 14.5. The molecule has 1 rings (SSSR count). The molecule has 1 heterocycles. The molecule has 0 spiro atoms. The molecule has 0 atom stereocenters. The number of hydrogen-bond donors (Lipinski definition) is 3. The minimum absolute atomic E-state index is 0.111. The standard InChI is InChI=1S/C4H10N2.C4H9NO2/c1-2-6-4-3-5-1;1-5(2)3-4(6)7/h5-6H,1-4H2;3H2,1-2H3,(H,6,7). The van der Waals surface area contributed by atoms with Gasteiger partial charge in [-0.25, -0.2) is 0 Å². The van der Waals surface area contributed by atoms with E-state index in [-0.39, 0.29) is 6.54 Å². The van der Waals surface area contributed by atoms with Crippen LogP contribution < -0.4 is 10.6 Å². The van der Waals surface area contributed by atoms with Crippen molar-refractivity contribution in [3.63, 3.8) is 0 Å². The van der Waals surface area contributed by atoms with Crippen molar-refractivity contribution in [2.45, 2.75) is 0 Å². The second-order valence-electron chi connectivity index (χ2n) is 3.13. The third kappa shape index (κ3) is 11.3. The monoisotopic (exact) mass is 189 g/mol. The molecule has 1 aliphatic heterocycles. The number of carboxylic acids is 1. The highest BCUT2D eigenvalue weighted by atomic mass is 16.4. The third-order valence-electron chi connectivity index (χ3n) is 1.41. The van der Waals surface area contributed by atoms with Gasteiger partial charge < -0.3 is 15.7 Å². The zero-order valence-electron chi connectivity index (χ0n) is 8.34. The predicted octanol–water partition coefficient (Wildman–Crippen LogP) is -1.19. The van der Waals surface area contributed by atoms with E-state index in [4.69, 9.17) is 5.11 Å². The van der Waals surface area contributed by atoms with Gasteiger partial charge in [-0.15, -0.1) is 0 Å². The molecular formula is C8H19N3O2. The lowest BCUT2D eigenvalue weighted by Gasteiger charge is -2.11. The predicted molar refractivity (Wildman–Crippen MR) is 51.9 cm³/mol. The minimum atomic E-state index is -0.787. The third-order valence-corrected chi connectivity index (χ3v) is 1.41. The lowest BCUT2D eigenvalue weighted by molar-refractivity contribution is -0.137. The molecule has 0 saturated carbocycles. The van der Waals surface area contributed by atoms with Crippen LogP contribution in [0.4, 0.5) is 0 Å². The number of piperazine rings is 1. The van der Waals surface area contributed by atoms with Crippen LogP contribution in [0, 0.1) is 0 Å². The molecule has 0 aromatic carbocycles. The average molecular weight is 189 g/mol. The van der Waals surface area contributed by atoms with Crippen molar-refractivity contribution in [2.75, 3.05) is 46.8 Å². The highest BCUT2D eigenvalue weighted by Crippen LogP contribution is 1.69. The number of carboxylic acid groups (broad SMARTS) is 1. The summed E-state index contributed by atoms with van der Waals surface area (Å²) in [5.41, 5.74) is 0. The van der Waals surface area contributed by atoms with E-state index in [0.29, 0.717) is 0 Å². The Morgan fingerprint density at radius 3 is 1.69 bits per heavy atom. The Labute approximate surface area is 79.1 Å². The molecule has 78 valence electrons. The quantitative estimate of drug-likeness (QED) is 0.510. The van der Waals surface area contributed by atoms with Crippen LogP contribution in [0.25, 0.3) is 0 Å². The van der Waals surface area contributed by atoms with Crippen LogP contribution in [0.3, 0.4) is 0 Å².